The Balaban J connectivity index is 0.000000182. The predicted octanol–water partition coefficient (Wildman–Crippen LogP) is 7.12. The number of carbonyl (C=O) groups excluding carboxylic acids is 1. The second kappa shape index (κ2) is 13.0. The lowest BCUT2D eigenvalue weighted by Crippen LogP contribution is -2.08. The maximum Gasteiger partial charge on any atom is 0.338 e. The minimum Gasteiger partial charge on any atom is -0.508 e. The van der Waals surface area contributed by atoms with Crippen LogP contribution in [0.15, 0.2) is 128 Å². The molecule has 1 N–H and O–H groups in total. The number of carbonyl (C=O) groups is 1. The molecule has 0 aliphatic heterocycles. The second-order valence-electron chi connectivity index (χ2n) is 9.92. The van der Waals surface area contributed by atoms with Crippen LogP contribution in [-0.2, 0) is 4.79 Å². The van der Waals surface area contributed by atoms with Crippen LogP contribution < -0.4 is 25.1 Å². The summed E-state index contributed by atoms with van der Waals surface area (Å²) in [6.45, 7) is 5.08. The normalized spacial score (nSPS) is 10.6. The molecule has 0 atom stereocenters. The van der Waals surface area contributed by atoms with Crippen LogP contribution in [-0.4, -0.2) is 25.3 Å². The van der Waals surface area contributed by atoms with Gasteiger partial charge >= 0.3 is 5.97 Å². The second-order valence-corrected chi connectivity index (χ2v) is 9.92. The molecule has 0 aliphatic rings. The molecular formula is C36H28O9. The van der Waals surface area contributed by atoms with Crippen molar-refractivity contribution in [1.29, 1.82) is 0 Å². The summed E-state index contributed by atoms with van der Waals surface area (Å²) in [4.78, 5) is 36.1. The number of methoxy groups -OCH3 is 2. The molecule has 0 fully saturated rings. The van der Waals surface area contributed by atoms with Gasteiger partial charge in [0.2, 0.25) is 0 Å². The van der Waals surface area contributed by atoms with Crippen LogP contribution in [0.25, 0.3) is 44.6 Å². The number of phenols is 1. The van der Waals surface area contributed by atoms with E-state index >= 15 is 0 Å². The summed E-state index contributed by atoms with van der Waals surface area (Å²) in [7, 11) is 3.18. The number of benzene rings is 4. The number of aromatic hydroxyl groups is 1. The van der Waals surface area contributed by atoms with Crippen LogP contribution in [0.4, 0.5) is 0 Å². The summed E-state index contributed by atoms with van der Waals surface area (Å²) in [6, 6.07) is 26.4. The molecule has 0 spiro atoms. The van der Waals surface area contributed by atoms with Crippen molar-refractivity contribution in [3.8, 4) is 45.6 Å². The maximum atomic E-state index is 12.4. The number of esters is 1. The van der Waals surface area contributed by atoms with Gasteiger partial charge in [-0.3, -0.25) is 9.59 Å². The Hall–Kier alpha value is -6.09. The third kappa shape index (κ3) is 6.94. The molecule has 9 nitrogen and oxygen atoms in total. The molecule has 9 heteroatoms. The molecule has 4 aromatic carbocycles. The van der Waals surface area contributed by atoms with E-state index in [0.717, 1.165) is 22.6 Å². The van der Waals surface area contributed by atoms with Crippen molar-refractivity contribution >= 4 is 27.9 Å². The first-order chi connectivity index (χ1) is 21.6. The Bertz CT molecular complexity index is 2140. The molecule has 0 saturated carbocycles. The lowest BCUT2D eigenvalue weighted by Gasteiger charge is -2.07. The summed E-state index contributed by atoms with van der Waals surface area (Å²) >= 11 is 0. The minimum absolute atomic E-state index is 0.0435. The van der Waals surface area contributed by atoms with E-state index in [1.165, 1.54) is 30.3 Å². The molecule has 0 amide bonds. The largest absolute Gasteiger partial charge is 0.508 e. The molecule has 2 heterocycles. The number of phenolic OH excluding ortho intramolecular Hbond substituents is 1. The maximum absolute atomic E-state index is 12.4. The molecule has 0 unspecified atom stereocenters. The van der Waals surface area contributed by atoms with Gasteiger partial charge in [0.25, 0.3) is 0 Å². The molecule has 0 saturated heterocycles. The van der Waals surface area contributed by atoms with Gasteiger partial charge in [-0.05, 0) is 91.9 Å². The summed E-state index contributed by atoms with van der Waals surface area (Å²) in [5, 5.41) is 10.1. The number of hydrogen-bond acceptors (Lipinski definition) is 9. The SMILES string of the molecule is C=C(C)C(=O)Oc1ccc2oc(-c3ccc(OC)cc3)cc(=O)c2c1.COc1ccc(-c2cc(=O)c3cc(O)ccc3o2)cc1. The van der Waals surface area contributed by atoms with Gasteiger partial charge < -0.3 is 28.2 Å². The molecule has 6 aromatic rings. The fourth-order valence-corrected chi connectivity index (χ4v) is 4.33. The Morgan fingerprint density at radius 3 is 1.56 bits per heavy atom. The smallest absolute Gasteiger partial charge is 0.338 e. The van der Waals surface area contributed by atoms with Crippen molar-refractivity contribution in [3.05, 3.63) is 130 Å². The molecule has 6 rings (SSSR count). The van der Waals surface area contributed by atoms with Crippen molar-refractivity contribution in [3.63, 3.8) is 0 Å². The Morgan fingerprint density at radius 2 is 1.09 bits per heavy atom. The molecule has 2 aromatic heterocycles. The number of ether oxygens (including phenoxy) is 3. The zero-order chi connectivity index (χ0) is 32.1. The predicted molar refractivity (Wildman–Crippen MR) is 171 cm³/mol. The Morgan fingerprint density at radius 1 is 0.644 bits per heavy atom. The first kappa shape index (κ1) is 30.4. The van der Waals surface area contributed by atoms with Crippen LogP contribution in [0.1, 0.15) is 6.92 Å². The highest BCUT2D eigenvalue weighted by Gasteiger charge is 2.11. The Kier molecular flexibility index (Phi) is 8.81. The van der Waals surface area contributed by atoms with E-state index in [1.807, 2.05) is 24.3 Å². The average Bonchev–Trinajstić information content (AvgIpc) is 3.05. The van der Waals surface area contributed by atoms with Crippen molar-refractivity contribution in [2.45, 2.75) is 6.92 Å². The van der Waals surface area contributed by atoms with Gasteiger partial charge in [-0.25, -0.2) is 4.79 Å². The first-order valence-electron chi connectivity index (χ1n) is 13.7. The Labute approximate surface area is 257 Å². The third-order valence-electron chi connectivity index (χ3n) is 6.72. The van der Waals surface area contributed by atoms with Crippen LogP contribution >= 0.6 is 0 Å². The number of hydrogen-bond donors (Lipinski definition) is 1. The van der Waals surface area contributed by atoms with E-state index in [4.69, 9.17) is 23.0 Å². The first-order valence-corrected chi connectivity index (χ1v) is 13.7. The topological polar surface area (TPSA) is 125 Å². The highest BCUT2D eigenvalue weighted by Crippen LogP contribution is 2.27. The van der Waals surface area contributed by atoms with Crippen LogP contribution in [0.3, 0.4) is 0 Å². The van der Waals surface area contributed by atoms with Gasteiger partial charge in [-0.15, -0.1) is 0 Å². The van der Waals surface area contributed by atoms with Gasteiger partial charge in [-0.1, -0.05) is 6.58 Å². The summed E-state index contributed by atoms with van der Waals surface area (Å²) in [6.07, 6.45) is 0. The van der Waals surface area contributed by atoms with E-state index in [9.17, 15) is 19.5 Å². The summed E-state index contributed by atoms with van der Waals surface area (Å²) < 4.78 is 26.9. The summed E-state index contributed by atoms with van der Waals surface area (Å²) in [5.74, 6) is 2.16. The van der Waals surface area contributed by atoms with Gasteiger partial charge in [0.1, 0.15) is 45.7 Å². The average molecular weight is 605 g/mol. The lowest BCUT2D eigenvalue weighted by molar-refractivity contribution is -0.130. The monoisotopic (exact) mass is 604 g/mol. The highest BCUT2D eigenvalue weighted by atomic mass is 16.5. The number of fused-ring (bicyclic) bond motifs is 2. The standard InChI is InChI=1S/C20H16O5.C16H12O4/c1-12(2)20(22)24-15-8-9-18-16(10-15)17(21)11-19(25-18)13-4-6-14(23-3)7-5-13;1-19-12-5-2-10(3-6-12)16-9-14(18)13-8-11(17)4-7-15(13)20-16/h4-11H,1H2,2-3H3;2-9,17H,1H3. The zero-order valence-corrected chi connectivity index (χ0v) is 24.7. The lowest BCUT2D eigenvalue weighted by atomic mass is 10.1. The fourth-order valence-electron chi connectivity index (χ4n) is 4.33. The quantitative estimate of drug-likeness (QED) is 0.120. The summed E-state index contributed by atoms with van der Waals surface area (Å²) in [5.41, 5.74) is 2.28. The van der Waals surface area contributed by atoms with E-state index in [2.05, 4.69) is 6.58 Å². The van der Waals surface area contributed by atoms with Crippen LogP contribution in [0.2, 0.25) is 0 Å². The van der Waals surface area contributed by atoms with Gasteiger partial charge in [0.05, 0.1) is 25.0 Å². The molecule has 0 aliphatic carbocycles. The van der Waals surface area contributed by atoms with Crippen molar-refractivity contribution in [2.75, 3.05) is 14.2 Å². The zero-order valence-electron chi connectivity index (χ0n) is 24.7. The molecular weight excluding hydrogens is 576 g/mol. The third-order valence-corrected chi connectivity index (χ3v) is 6.72. The van der Waals surface area contributed by atoms with E-state index in [-0.39, 0.29) is 27.9 Å². The van der Waals surface area contributed by atoms with Crippen LogP contribution in [0, 0.1) is 0 Å². The van der Waals surface area contributed by atoms with E-state index in [1.54, 1.807) is 63.6 Å². The fraction of sp³-hybridized carbons (Fsp3) is 0.0833. The number of rotatable bonds is 6. The van der Waals surface area contributed by atoms with Crippen molar-refractivity contribution in [2.24, 2.45) is 0 Å². The molecule has 0 bridgehead atoms. The van der Waals surface area contributed by atoms with Gasteiger partial charge in [0.15, 0.2) is 10.9 Å². The van der Waals surface area contributed by atoms with Gasteiger partial charge in [0, 0.05) is 28.8 Å². The van der Waals surface area contributed by atoms with E-state index in [0.29, 0.717) is 33.5 Å². The molecule has 226 valence electrons. The molecule has 0 radical (unpaired) electrons. The van der Waals surface area contributed by atoms with Crippen molar-refractivity contribution < 1.29 is 32.9 Å². The minimum atomic E-state index is -0.543. The van der Waals surface area contributed by atoms with Crippen LogP contribution in [0.5, 0.6) is 23.0 Å². The van der Waals surface area contributed by atoms with E-state index < -0.39 is 5.97 Å². The van der Waals surface area contributed by atoms with Crippen molar-refractivity contribution in [1.82, 2.24) is 0 Å². The molecule has 45 heavy (non-hydrogen) atoms. The highest BCUT2D eigenvalue weighted by molar-refractivity contribution is 5.89. The van der Waals surface area contributed by atoms with Gasteiger partial charge in [-0.2, -0.15) is 0 Å².